The van der Waals surface area contributed by atoms with E-state index in [9.17, 15) is 5.11 Å². The highest BCUT2D eigenvalue weighted by atomic mass is 16.5. The number of hydrogen-bond acceptors (Lipinski definition) is 5. The van der Waals surface area contributed by atoms with Crippen molar-refractivity contribution in [2.24, 2.45) is 0 Å². The number of allylic oxidation sites excluding steroid dienone is 1. The fourth-order valence-corrected chi connectivity index (χ4v) is 2.57. The third-order valence-electron chi connectivity index (χ3n) is 3.85. The first-order valence-electron chi connectivity index (χ1n) is 8.57. The fourth-order valence-electron chi connectivity index (χ4n) is 2.57. The Morgan fingerprint density at radius 1 is 1.28 bits per heavy atom. The molecule has 1 aromatic carbocycles. The minimum Gasteiger partial charge on any atom is -0.491 e. The van der Waals surface area contributed by atoms with Gasteiger partial charge in [0, 0.05) is 19.6 Å². The van der Waals surface area contributed by atoms with Gasteiger partial charge in [-0.1, -0.05) is 24.3 Å². The second-order valence-electron chi connectivity index (χ2n) is 5.93. The van der Waals surface area contributed by atoms with E-state index in [-0.39, 0.29) is 6.61 Å². The van der Waals surface area contributed by atoms with Gasteiger partial charge in [-0.05, 0) is 26.0 Å². The molecule has 0 bridgehead atoms. The van der Waals surface area contributed by atoms with Gasteiger partial charge in [0.1, 0.15) is 18.5 Å². The zero-order valence-corrected chi connectivity index (χ0v) is 15.0. The lowest BCUT2D eigenvalue weighted by molar-refractivity contribution is 0.107. The van der Waals surface area contributed by atoms with Crippen molar-refractivity contribution >= 4 is 5.69 Å². The third-order valence-corrected chi connectivity index (χ3v) is 3.85. The van der Waals surface area contributed by atoms with E-state index in [0.29, 0.717) is 13.1 Å². The molecule has 1 heterocycles. The Hall–Kier alpha value is -2.31. The molecule has 0 amide bonds. The van der Waals surface area contributed by atoms with Crippen LogP contribution in [-0.2, 0) is 6.54 Å². The molecule has 1 aromatic heterocycles. The van der Waals surface area contributed by atoms with Crippen molar-refractivity contribution in [1.82, 2.24) is 15.1 Å². The lowest BCUT2D eigenvalue weighted by Gasteiger charge is -2.14. The lowest BCUT2D eigenvalue weighted by Crippen LogP contribution is -2.34. The van der Waals surface area contributed by atoms with Crippen molar-refractivity contribution in [2.45, 2.75) is 26.5 Å². The van der Waals surface area contributed by atoms with E-state index in [1.54, 1.807) is 0 Å². The lowest BCUT2D eigenvalue weighted by atomic mass is 10.3. The minimum atomic E-state index is -0.543. The van der Waals surface area contributed by atoms with Crippen LogP contribution in [-0.4, -0.2) is 47.2 Å². The maximum atomic E-state index is 9.95. The molecule has 25 heavy (non-hydrogen) atoms. The standard InChI is InChI=1S/C19H28N4O2/c1-4-12-23-16(3)19(15(2)22-23)21-11-10-20-13-17(24)14-25-18-8-6-5-7-9-18/h4-9,17,20-21,24H,1,10-14H2,2-3H3. The van der Waals surface area contributed by atoms with Gasteiger partial charge in [-0.15, -0.1) is 6.58 Å². The van der Waals surface area contributed by atoms with Crippen LogP contribution in [0.3, 0.4) is 0 Å². The molecule has 0 aliphatic heterocycles. The highest BCUT2D eigenvalue weighted by Crippen LogP contribution is 2.18. The van der Waals surface area contributed by atoms with Crippen molar-refractivity contribution in [3.8, 4) is 5.75 Å². The van der Waals surface area contributed by atoms with Gasteiger partial charge < -0.3 is 20.5 Å². The van der Waals surface area contributed by atoms with Crippen molar-refractivity contribution in [2.75, 3.05) is 31.6 Å². The van der Waals surface area contributed by atoms with E-state index in [4.69, 9.17) is 4.74 Å². The molecule has 0 saturated heterocycles. The number of aryl methyl sites for hydroxylation is 1. The number of anilines is 1. The molecule has 136 valence electrons. The van der Waals surface area contributed by atoms with E-state index >= 15 is 0 Å². The van der Waals surface area contributed by atoms with Crippen LogP contribution in [0, 0.1) is 13.8 Å². The largest absolute Gasteiger partial charge is 0.491 e. The smallest absolute Gasteiger partial charge is 0.119 e. The quantitative estimate of drug-likeness (QED) is 0.430. The molecule has 0 aliphatic carbocycles. The molecule has 0 radical (unpaired) electrons. The van der Waals surface area contributed by atoms with E-state index < -0.39 is 6.10 Å². The van der Waals surface area contributed by atoms with Crippen LogP contribution in [0.15, 0.2) is 43.0 Å². The van der Waals surface area contributed by atoms with Crippen LogP contribution in [0.4, 0.5) is 5.69 Å². The highest BCUT2D eigenvalue weighted by Gasteiger charge is 2.10. The minimum absolute atomic E-state index is 0.275. The second-order valence-corrected chi connectivity index (χ2v) is 5.93. The molecule has 2 rings (SSSR count). The summed E-state index contributed by atoms with van der Waals surface area (Å²) in [6.07, 6.45) is 1.29. The van der Waals surface area contributed by atoms with Crippen LogP contribution in [0.5, 0.6) is 5.75 Å². The number of aliphatic hydroxyl groups excluding tert-OH is 1. The molecule has 3 N–H and O–H groups in total. The second kappa shape index (κ2) is 9.86. The van der Waals surface area contributed by atoms with E-state index in [0.717, 1.165) is 35.9 Å². The number of hydrogen-bond donors (Lipinski definition) is 3. The Morgan fingerprint density at radius 2 is 2.04 bits per heavy atom. The van der Waals surface area contributed by atoms with Crippen molar-refractivity contribution in [3.05, 3.63) is 54.4 Å². The number of para-hydroxylation sites is 1. The molecule has 1 atom stereocenters. The topological polar surface area (TPSA) is 71.3 Å². The average Bonchev–Trinajstić information content (AvgIpc) is 2.88. The van der Waals surface area contributed by atoms with Crippen molar-refractivity contribution in [1.29, 1.82) is 0 Å². The van der Waals surface area contributed by atoms with Crippen LogP contribution in [0.25, 0.3) is 0 Å². The van der Waals surface area contributed by atoms with Gasteiger partial charge in [0.15, 0.2) is 0 Å². The number of rotatable bonds is 11. The SMILES string of the molecule is C=CCn1nc(C)c(NCCNCC(O)COc2ccccc2)c1C. The molecule has 6 heteroatoms. The number of aliphatic hydroxyl groups is 1. The first kappa shape index (κ1) is 19.0. The van der Waals surface area contributed by atoms with Crippen LogP contribution in [0.2, 0.25) is 0 Å². The van der Waals surface area contributed by atoms with E-state index in [2.05, 4.69) is 22.3 Å². The summed E-state index contributed by atoms with van der Waals surface area (Å²) in [5.74, 6) is 0.769. The normalized spacial score (nSPS) is 12.0. The molecule has 0 fully saturated rings. The maximum absolute atomic E-state index is 9.95. The van der Waals surface area contributed by atoms with Gasteiger partial charge >= 0.3 is 0 Å². The first-order valence-corrected chi connectivity index (χ1v) is 8.57. The number of nitrogens with one attached hydrogen (secondary N) is 2. The third kappa shape index (κ3) is 5.92. The number of benzene rings is 1. The Labute approximate surface area is 149 Å². The van der Waals surface area contributed by atoms with Gasteiger partial charge in [0.25, 0.3) is 0 Å². The molecular weight excluding hydrogens is 316 g/mol. The predicted octanol–water partition coefficient (Wildman–Crippen LogP) is 2.13. The zero-order chi connectivity index (χ0) is 18.1. The monoisotopic (exact) mass is 344 g/mol. The van der Waals surface area contributed by atoms with Crippen LogP contribution in [0.1, 0.15) is 11.4 Å². The van der Waals surface area contributed by atoms with Crippen LogP contribution < -0.4 is 15.4 Å². The van der Waals surface area contributed by atoms with Gasteiger partial charge in [0.05, 0.1) is 23.6 Å². The zero-order valence-electron chi connectivity index (χ0n) is 15.0. The van der Waals surface area contributed by atoms with E-state index in [1.807, 2.05) is 54.9 Å². The summed E-state index contributed by atoms with van der Waals surface area (Å²) in [5, 5.41) is 21.1. The predicted molar refractivity (Wildman–Crippen MR) is 101 cm³/mol. The summed E-state index contributed by atoms with van der Waals surface area (Å²) in [5.41, 5.74) is 3.15. The summed E-state index contributed by atoms with van der Waals surface area (Å²) in [7, 11) is 0. The molecule has 0 saturated carbocycles. The van der Waals surface area contributed by atoms with Crippen LogP contribution >= 0.6 is 0 Å². The summed E-state index contributed by atoms with van der Waals surface area (Å²) in [4.78, 5) is 0. The van der Waals surface area contributed by atoms with Crippen molar-refractivity contribution in [3.63, 3.8) is 0 Å². The maximum Gasteiger partial charge on any atom is 0.119 e. The molecule has 6 nitrogen and oxygen atoms in total. The number of ether oxygens (including phenoxy) is 1. The summed E-state index contributed by atoms with van der Waals surface area (Å²) in [6.45, 7) is 10.8. The summed E-state index contributed by atoms with van der Waals surface area (Å²) < 4.78 is 7.46. The number of aromatic nitrogens is 2. The molecule has 0 spiro atoms. The Morgan fingerprint density at radius 3 is 2.76 bits per heavy atom. The van der Waals surface area contributed by atoms with Gasteiger partial charge in [0.2, 0.25) is 0 Å². The average molecular weight is 344 g/mol. The molecule has 1 unspecified atom stereocenters. The summed E-state index contributed by atoms with van der Waals surface area (Å²) >= 11 is 0. The first-order chi connectivity index (χ1) is 12.1. The summed E-state index contributed by atoms with van der Waals surface area (Å²) in [6, 6.07) is 9.50. The Kier molecular flexibility index (Phi) is 7.50. The molecular formula is C19H28N4O2. The Balaban J connectivity index is 1.64. The number of nitrogens with zero attached hydrogens (tertiary/aromatic N) is 2. The van der Waals surface area contributed by atoms with Gasteiger partial charge in [-0.2, -0.15) is 5.10 Å². The Bertz CT molecular complexity index is 655. The van der Waals surface area contributed by atoms with Crippen molar-refractivity contribution < 1.29 is 9.84 Å². The highest BCUT2D eigenvalue weighted by molar-refractivity contribution is 5.52. The van der Waals surface area contributed by atoms with Gasteiger partial charge in [-0.25, -0.2) is 0 Å². The van der Waals surface area contributed by atoms with Gasteiger partial charge in [-0.3, -0.25) is 4.68 Å². The van der Waals surface area contributed by atoms with E-state index in [1.165, 1.54) is 0 Å². The molecule has 2 aromatic rings. The molecule has 0 aliphatic rings. The fraction of sp³-hybridized carbons (Fsp3) is 0.421.